The van der Waals surface area contributed by atoms with Crippen molar-refractivity contribution in [3.63, 3.8) is 0 Å². The molecule has 1 atom stereocenters. The Balaban J connectivity index is 2.22. The summed E-state index contributed by atoms with van der Waals surface area (Å²) >= 11 is 0. The second kappa shape index (κ2) is 4.14. The molecule has 0 radical (unpaired) electrons. The Labute approximate surface area is 100 Å². The Morgan fingerprint density at radius 2 is 2.29 bits per heavy atom. The van der Waals surface area contributed by atoms with Gasteiger partial charge in [0.1, 0.15) is 11.3 Å². The zero-order valence-corrected chi connectivity index (χ0v) is 10.5. The minimum atomic E-state index is -0.754. The number of aryl methyl sites for hydroxylation is 2. The van der Waals surface area contributed by atoms with Crippen LogP contribution in [0.4, 0.5) is 0 Å². The Morgan fingerprint density at radius 3 is 2.82 bits per heavy atom. The molecule has 1 fully saturated rings. The molecule has 5 nitrogen and oxygen atoms in total. The minimum Gasteiger partial charge on any atom is -0.480 e. The topological polar surface area (TPSA) is 66.6 Å². The quantitative estimate of drug-likeness (QED) is 0.868. The zero-order valence-electron chi connectivity index (χ0n) is 10.5. The van der Waals surface area contributed by atoms with E-state index in [0.717, 1.165) is 30.0 Å². The molecule has 0 saturated carbocycles. The molecule has 0 amide bonds. The highest BCUT2D eigenvalue weighted by Gasteiger charge is 2.43. The first-order valence-electron chi connectivity index (χ1n) is 5.85. The van der Waals surface area contributed by atoms with Crippen molar-refractivity contribution >= 4 is 5.97 Å². The Kier molecular flexibility index (Phi) is 2.95. The number of carboxylic acid groups (broad SMARTS) is 1. The molecule has 2 rings (SSSR count). The fourth-order valence-corrected chi connectivity index (χ4v) is 2.43. The van der Waals surface area contributed by atoms with Gasteiger partial charge in [0.2, 0.25) is 0 Å². The van der Waals surface area contributed by atoms with E-state index in [9.17, 15) is 9.90 Å². The average Bonchev–Trinajstić information content (AvgIpc) is 2.78. The van der Waals surface area contributed by atoms with Crippen molar-refractivity contribution < 1.29 is 14.4 Å². The number of hydrogen-bond donors (Lipinski definition) is 1. The maximum atomic E-state index is 11.4. The van der Waals surface area contributed by atoms with Gasteiger partial charge in [0, 0.05) is 12.1 Å². The predicted molar refractivity (Wildman–Crippen MR) is 61.7 cm³/mol. The van der Waals surface area contributed by atoms with Gasteiger partial charge in [-0.25, -0.2) is 0 Å². The van der Waals surface area contributed by atoms with Crippen molar-refractivity contribution in [1.29, 1.82) is 0 Å². The van der Waals surface area contributed by atoms with Crippen LogP contribution in [0, 0.1) is 13.8 Å². The summed E-state index contributed by atoms with van der Waals surface area (Å²) in [4.78, 5) is 13.4. The third-order valence-corrected chi connectivity index (χ3v) is 3.78. The molecule has 2 heterocycles. The van der Waals surface area contributed by atoms with E-state index >= 15 is 0 Å². The molecule has 1 aromatic rings. The predicted octanol–water partition coefficient (Wildman–Crippen LogP) is 1.73. The molecule has 94 valence electrons. The normalized spacial score (nSPS) is 25.4. The molecule has 5 heteroatoms. The lowest BCUT2D eigenvalue weighted by molar-refractivity contribution is -0.148. The van der Waals surface area contributed by atoms with E-state index in [1.165, 1.54) is 0 Å². The maximum Gasteiger partial charge on any atom is 0.323 e. The lowest BCUT2D eigenvalue weighted by atomic mass is 9.98. The molecule has 1 aromatic heterocycles. The SMILES string of the molecule is Cc1noc(C)c1CN1CCCC1(C)C(=O)O. The Morgan fingerprint density at radius 1 is 1.59 bits per heavy atom. The van der Waals surface area contributed by atoms with Gasteiger partial charge in [0.05, 0.1) is 5.69 Å². The van der Waals surface area contributed by atoms with Crippen molar-refractivity contribution in [2.24, 2.45) is 0 Å². The maximum absolute atomic E-state index is 11.4. The van der Waals surface area contributed by atoms with Crippen LogP contribution in [0.5, 0.6) is 0 Å². The van der Waals surface area contributed by atoms with Crippen molar-refractivity contribution in [3.8, 4) is 0 Å². The van der Waals surface area contributed by atoms with E-state index in [0.29, 0.717) is 13.0 Å². The number of carboxylic acids is 1. The summed E-state index contributed by atoms with van der Waals surface area (Å²) in [5, 5.41) is 13.2. The standard InChI is InChI=1S/C12H18N2O3/c1-8-10(9(2)17-13-8)7-14-6-4-5-12(14,3)11(15)16/h4-7H2,1-3H3,(H,15,16). The van der Waals surface area contributed by atoms with E-state index in [1.807, 2.05) is 18.7 Å². The highest BCUT2D eigenvalue weighted by Crippen LogP contribution is 2.31. The van der Waals surface area contributed by atoms with Gasteiger partial charge in [-0.3, -0.25) is 9.69 Å². The van der Waals surface area contributed by atoms with E-state index in [1.54, 1.807) is 6.92 Å². The fraction of sp³-hybridized carbons (Fsp3) is 0.667. The molecule has 1 aliphatic heterocycles. The number of aliphatic carboxylic acids is 1. The molecule has 0 bridgehead atoms. The van der Waals surface area contributed by atoms with Crippen LogP contribution in [-0.4, -0.2) is 33.2 Å². The molecule has 0 aromatic carbocycles. The second-order valence-electron chi connectivity index (χ2n) is 4.91. The van der Waals surface area contributed by atoms with Gasteiger partial charge >= 0.3 is 5.97 Å². The van der Waals surface area contributed by atoms with Gasteiger partial charge < -0.3 is 9.63 Å². The molecule has 1 aliphatic rings. The van der Waals surface area contributed by atoms with E-state index in [2.05, 4.69) is 5.16 Å². The van der Waals surface area contributed by atoms with Crippen LogP contribution in [0.2, 0.25) is 0 Å². The molecular weight excluding hydrogens is 220 g/mol. The summed E-state index contributed by atoms with van der Waals surface area (Å²) in [6.07, 6.45) is 1.62. The number of hydrogen-bond acceptors (Lipinski definition) is 4. The number of nitrogens with zero attached hydrogens (tertiary/aromatic N) is 2. The smallest absolute Gasteiger partial charge is 0.323 e. The van der Waals surface area contributed by atoms with Gasteiger partial charge in [-0.05, 0) is 40.2 Å². The van der Waals surface area contributed by atoms with Crippen molar-refractivity contribution in [2.75, 3.05) is 6.54 Å². The molecular formula is C12H18N2O3. The fourth-order valence-electron chi connectivity index (χ4n) is 2.43. The van der Waals surface area contributed by atoms with Crippen LogP contribution >= 0.6 is 0 Å². The van der Waals surface area contributed by atoms with Gasteiger partial charge in [0.15, 0.2) is 0 Å². The van der Waals surface area contributed by atoms with Gasteiger partial charge in [-0.2, -0.15) is 0 Å². The van der Waals surface area contributed by atoms with Crippen LogP contribution in [0.3, 0.4) is 0 Å². The third-order valence-electron chi connectivity index (χ3n) is 3.78. The summed E-state index contributed by atoms with van der Waals surface area (Å²) in [7, 11) is 0. The van der Waals surface area contributed by atoms with Gasteiger partial charge in [-0.15, -0.1) is 0 Å². The van der Waals surface area contributed by atoms with E-state index in [-0.39, 0.29) is 0 Å². The molecule has 17 heavy (non-hydrogen) atoms. The molecule has 0 aliphatic carbocycles. The summed E-state index contributed by atoms with van der Waals surface area (Å²) < 4.78 is 5.11. The summed E-state index contributed by atoms with van der Waals surface area (Å²) in [5.41, 5.74) is 1.11. The van der Waals surface area contributed by atoms with Crippen molar-refractivity contribution in [2.45, 2.75) is 45.7 Å². The van der Waals surface area contributed by atoms with Crippen LogP contribution in [-0.2, 0) is 11.3 Å². The van der Waals surface area contributed by atoms with Crippen molar-refractivity contribution in [1.82, 2.24) is 10.1 Å². The number of likely N-dealkylation sites (tertiary alicyclic amines) is 1. The first-order chi connectivity index (χ1) is 7.95. The molecule has 0 spiro atoms. The Bertz CT molecular complexity index is 421. The van der Waals surface area contributed by atoms with Crippen LogP contribution in [0.15, 0.2) is 4.52 Å². The summed E-state index contributed by atoms with van der Waals surface area (Å²) in [6, 6.07) is 0. The zero-order chi connectivity index (χ0) is 12.6. The highest BCUT2D eigenvalue weighted by molar-refractivity contribution is 5.78. The molecule has 1 saturated heterocycles. The molecule has 1 unspecified atom stereocenters. The monoisotopic (exact) mass is 238 g/mol. The van der Waals surface area contributed by atoms with Gasteiger partial charge in [-0.1, -0.05) is 5.16 Å². The van der Waals surface area contributed by atoms with Crippen LogP contribution in [0.25, 0.3) is 0 Å². The number of aromatic nitrogens is 1. The highest BCUT2D eigenvalue weighted by atomic mass is 16.5. The number of rotatable bonds is 3. The third kappa shape index (κ3) is 1.95. The first-order valence-corrected chi connectivity index (χ1v) is 5.85. The minimum absolute atomic E-state index is 0.601. The van der Waals surface area contributed by atoms with Crippen LogP contribution < -0.4 is 0 Å². The summed E-state index contributed by atoms with van der Waals surface area (Å²) in [6.45, 7) is 6.96. The first kappa shape index (κ1) is 12.1. The number of carbonyl (C=O) groups is 1. The second-order valence-corrected chi connectivity index (χ2v) is 4.91. The lowest BCUT2D eigenvalue weighted by Gasteiger charge is -2.30. The summed E-state index contributed by atoms with van der Waals surface area (Å²) in [5.74, 6) is 0.0314. The largest absolute Gasteiger partial charge is 0.480 e. The average molecular weight is 238 g/mol. The Hall–Kier alpha value is -1.36. The van der Waals surface area contributed by atoms with Gasteiger partial charge in [0.25, 0.3) is 0 Å². The molecule has 1 N–H and O–H groups in total. The van der Waals surface area contributed by atoms with Crippen LogP contribution in [0.1, 0.15) is 36.8 Å². The van der Waals surface area contributed by atoms with E-state index in [4.69, 9.17) is 4.52 Å². The lowest BCUT2D eigenvalue weighted by Crippen LogP contribution is -2.47. The van der Waals surface area contributed by atoms with E-state index < -0.39 is 11.5 Å². The van der Waals surface area contributed by atoms with Crippen molar-refractivity contribution in [3.05, 3.63) is 17.0 Å².